The molecule has 1 aliphatic rings. The zero-order valence-corrected chi connectivity index (χ0v) is 9.42. The van der Waals surface area contributed by atoms with E-state index in [-0.39, 0.29) is 0 Å². The quantitative estimate of drug-likeness (QED) is 0.707. The van der Waals surface area contributed by atoms with Crippen molar-refractivity contribution in [2.24, 2.45) is 5.92 Å². The van der Waals surface area contributed by atoms with Crippen LogP contribution in [0.5, 0.6) is 0 Å². The highest BCUT2D eigenvalue weighted by molar-refractivity contribution is 5.25. The fraction of sp³-hybridized carbons (Fsp3) is 0.538. The number of nitrogens with one attached hydrogen (secondary N) is 2. The van der Waals surface area contributed by atoms with Crippen molar-refractivity contribution in [2.45, 2.75) is 13.3 Å². The lowest BCUT2D eigenvalue weighted by Crippen LogP contribution is -2.47. The first-order valence-corrected chi connectivity index (χ1v) is 5.82. The van der Waals surface area contributed by atoms with Gasteiger partial charge in [-0.25, -0.2) is 0 Å². The third-order valence-corrected chi connectivity index (χ3v) is 3.13. The van der Waals surface area contributed by atoms with Gasteiger partial charge in [-0.3, -0.25) is 0 Å². The molecule has 0 saturated carbocycles. The van der Waals surface area contributed by atoms with Gasteiger partial charge >= 0.3 is 0 Å². The van der Waals surface area contributed by atoms with Crippen LogP contribution in [0.4, 0.5) is 0 Å². The van der Waals surface area contributed by atoms with Crippen LogP contribution in [0.25, 0.3) is 0 Å². The Labute approximate surface area is 92.1 Å². The second-order valence-electron chi connectivity index (χ2n) is 4.40. The predicted molar refractivity (Wildman–Crippen MR) is 64.1 cm³/mol. The van der Waals surface area contributed by atoms with Crippen molar-refractivity contribution in [1.29, 1.82) is 0 Å². The maximum Gasteiger partial charge on any atom is 0.000394 e. The van der Waals surface area contributed by atoms with Gasteiger partial charge in [-0.2, -0.15) is 0 Å². The molecule has 1 heterocycles. The van der Waals surface area contributed by atoms with Gasteiger partial charge in [0.05, 0.1) is 0 Å². The topological polar surface area (TPSA) is 24.1 Å². The van der Waals surface area contributed by atoms with E-state index in [1.807, 2.05) is 0 Å². The van der Waals surface area contributed by atoms with E-state index >= 15 is 0 Å². The molecule has 1 fully saturated rings. The van der Waals surface area contributed by atoms with Crippen molar-refractivity contribution in [3.63, 3.8) is 0 Å². The first kappa shape index (κ1) is 10.7. The Morgan fingerprint density at radius 3 is 2.80 bits per heavy atom. The molecule has 0 aliphatic carbocycles. The number of hydrogen-bond donors (Lipinski definition) is 2. The van der Waals surface area contributed by atoms with Crippen LogP contribution in [0.2, 0.25) is 0 Å². The molecule has 0 radical (unpaired) electrons. The van der Waals surface area contributed by atoms with Crippen LogP contribution >= 0.6 is 0 Å². The number of benzene rings is 1. The monoisotopic (exact) mass is 204 g/mol. The van der Waals surface area contributed by atoms with E-state index in [9.17, 15) is 0 Å². The highest BCUT2D eigenvalue weighted by atomic mass is 15.0. The molecule has 82 valence electrons. The van der Waals surface area contributed by atoms with E-state index in [4.69, 9.17) is 0 Å². The Hall–Kier alpha value is -0.860. The summed E-state index contributed by atoms with van der Waals surface area (Å²) >= 11 is 0. The first-order valence-electron chi connectivity index (χ1n) is 5.82. The van der Waals surface area contributed by atoms with Gasteiger partial charge in [0.1, 0.15) is 0 Å². The minimum absolute atomic E-state index is 0.863. The van der Waals surface area contributed by atoms with Gasteiger partial charge in [0.25, 0.3) is 0 Å². The molecule has 2 nitrogen and oxygen atoms in total. The summed E-state index contributed by atoms with van der Waals surface area (Å²) in [5.41, 5.74) is 2.88. The molecule has 0 spiro atoms. The molecule has 1 saturated heterocycles. The molecule has 0 bridgehead atoms. The summed E-state index contributed by atoms with van der Waals surface area (Å²) in [7, 11) is 0. The lowest BCUT2D eigenvalue weighted by Gasteiger charge is -2.27. The third-order valence-electron chi connectivity index (χ3n) is 3.13. The minimum atomic E-state index is 0.863. The summed E-state index contributed by atoms with van der Waals surface area (Å²) in [5.74, 6) is 0.863. The average molecular weight is 204 g/mol. The van der Waals surface area contributed by atoms with Crippen LogP contribution in [-0.4, -0.2) is 26.2 Å². The van der Waals surface area contributed by atoms with Crippen LogP contribution in [0, 0.1) is 12.8 Å². The second kappa shape index (κ2) is 5.29. The number of rotatable bonds is 5. The van der Waals surface area contributed by atoms with Gasteiger partial charge in [-0.1, -0.05) is 24.3 Å². The van der Waals surface area contributed by atoms with E-state index < -0.39 is 0 Å². The van der Waals surface area contributed by atoms with Crippen molar-refractivity contribution in [3.05, 3.63) is 35.4 Å². The van der Waals surface area contributed by atoms with Gasteiger partial charge in [-0.05, 0) is 36.9 Å². The van der Waals surface area contributed by atoms with Gasteiger partial charge in [0.15, 0.2) is 0 Å². The molecular weight excluding hydrogens is 184 g/mol. The molecule has 0 aromatic heterocycles. The molecule has 1 aromatic rings. The third kappa shape index (κ3) is 3.05. The molecule has 0 unspecified atom stereocenters. The average Bonchev–Trinajstić information content (AvgIpc) is 2.17. The Morgan fingerprint density at radius 2 is 2.13 bits per heavy atom. The highest BCUT2D eigenvalue weighted by Gasteiger charge is 2.15. The molecule has 2 heteroatoms. The summed E-state index contributed by atoms with van der Waals surface area (Å²) in [6.45, 7) is 6.83. The SMILES string of the molecule is Cc1ccccc1CCNCC1CNC1. The zero-order chi connectivity index (χ0) is 10.5. The number of hydrogen-bond acceptors (Lipinski definition) is 2. The molecule has 15 heavy (non-hydrogen) atoms. The smallest absolute Gasteiger partial charge is 0.000394 e. The van der Waals surface area contributed by atoms with Gasteiger partial charge in [0, 0.05) is 19.6 Å². The second-order valence-corrected chi connectivity index (χ2v) is 4.40. The highest BCUT2D eigenvalue weighted by Crippen LogP contribution is 2.07. The summed E-state index contributed by atoms with van der Waals surface area (Å²) in [6, 6.07) is 8.64. The standard InChI is InChI=1S/C13H20N2/c1-11-4-2-3-5-13(11)6-7-14-8-12-9-15-10-12/h2-5,12,14-15H,6-10H2,1H3. The van der Waals surface area contributed by atoms with Crippen LogP contribution < -0.4 is 10.6 Å². The molecule has 0 amide bonds. The Kier molecular flexibility index (Phi) is 3.75. The van der Waals surface area contributed by atoms with Crippen molar-refractivity contribution in [1.82, 2.24) is 10.6 Å². The molecule has 0 atom stereocenters. The maximum absolute atomic E-state index is 3.52. The maximum atomic E-state index is 3.52. The lowest BCUT2D eigenvalue weighted by molar-refractivity contribution is 0.333. The lowest BCUT2D eigenvalue weighted by atomic mass is 10.0. The van der Waals surface area contributed by atoms with Crippen LogP contribution in [0.1, 0.15) is 11.1 Å². The summed E-state index contributed by atoms with van der Waals surface area (Å²) in [5, 5.41) is 6.81. The fourth-order valence-corrected chi connectivity index (χ4v) is 1.91. The first-order chi connectivity index (χ1) is 7.36. The van der Waals surface area contributed by atoms with Crippen LogP contribution in [0.15, 0.2) is 24.3 Å². The molecule has 1 aromatic carbocycles. The van der Waals surface area contributed by atoms with E-state index in [0.29, 0.717) is 0 Å². The minimum Gasteiger partial charge on any atom is -0.316 e. The summed E-state index contributed by atoms with van der Waals surface area (Å²) < 4.78 is 0. The normalized spacial score (nSPS) is 16.3. The zero-order valence-electron chi connectivity index (χ0n) is 9.42. The summed E-state index contributed by atoms with van der Waals surface area (Å²) in [6.07, 6.45) is 1.15. The van der Waals surface area contributed by atoms with Gasteiger partial charge in [-0.15, -0.1) is 0 Å². The summed E-state index contributed by atoms with van der Waals surface area (Å²) in [4.78, 5) is 0. The van der Waals surface area contributed by atoms with Crippen LogP contribution in [-0.2, 0) is 6.42 Å². The van der Waals surface area contributed by atoms with Crippen molar-refractivity contribution in [3.8, 4) is 0 Å². The fourth-order valence-electron chi connectivity index (χ4n) is 1.91. The van der Waals surface area contributed by atoms with Crippen molar-refractivity contribution in [2.75, 3.05) is 26.2 Å². The van der Waals surface area contributed by atoms with Crippen molar-refractivity contribution < 1.29 is 0 Å². The Morgan fingerprint density at radius 1 is 1.33 bits per heavy atom. The van der Waals surface area contributed by atoms with E-state index in [1.54, 1.807) is 0 Å². The van der Waals surface area contributed by atoms with E-state index in [1.165, 1.54) is 30.8 Å². The van der Waals surface area contributed by atoms with Crippen molar-refractivity contribution >= 4 is 0 Å². The largest absolute Gasteiger partial charge is 0.316 e. The van der Waals surface area contributed by atoms with Crippen LogP contribution in [0.3, 0.4) is 0 Å². The van der Waals surface area contributed by atoms with E-state index in [0.717, 1.165) is 18.9 Å². The van der Waals surface area contributed by atoms with E-state index in [2.05, 4.69) is 41.8 Å². The molecule has 2 rings (SSSR count). The molecule has 1 aliphatic heterocycles. The van der Waals surface area contributed by atoms with Gasteiger partial charge < -0.3 is 10.6 Å². The molecule has 2 N–H and O–H groups in total. The Bertz CT molecular complexity index is 305. The molecular formula is C13H20N2. The Balaban J connectivity index is 1.66. The number of aryl methyl sites for hydroxylation is 1. The predicted octanol–water partition coefficient (Wildman–Crippen LogP) is 1.35. The van der Waals surface area contributed by atoms with Gasteiger partial charge in [0.2, 0.25) is 0 Å².